The summed E-state index contributed by atoms with van der Waals surface area (Å²) >= 11 is 1.80. The Morgan fingerprint density at radius 3 is 2.53 bits per heavy atom. The van der Waals surface area contributed by atoms with E-state index in [2.05, 4.69) is 36.7 Å². The van der Waals surface area contributed by atoms with E-state index in [9.17, 15) is 0 Å². The van der Waals surface area contributed by atoms with Crippen molar-refractivity contribution in [3.8, 4) is 0 Å². The van der Waals surface area contributed by atoms with Gasteiger partial charge in [-0.3, -0.25) is 0 Å². The average molecular weight is 249 g/mol. The van der Waals surface area contributed by atoms with E-state index < -0.39 is 0 Å². The summed E-state index contributed by atoms with van der Waals surface area (Å²) in [5, 5.41) is 5.76. The summed E-state index contributed by atoms with van der Waals surface area (Å²) < 4.78 is 5.63. The van der Waals surface area contributed by atoms with Crippen LogP contribution in [-0.2, 0) is 0 Å². The smallest absolute Gasteiger partial charge is 0.106 e. The molecular formula is C14H19NOS. The van der Waals surface area contributed by atoms with Gasteiger partial charge in [-0.2, -0.15) is 0 Å². The number of aryl methyl sites for hydroxylation is 3. The van der Waals surface area contributed by atoms with E-state index >= 15 is 0 Å². The van der Waals surface area contributed by atoms with Crippen molar-refractivity contribution in [2.75, 3.05) is 6.54 Å². The van der Waals surface area contributed by atoms with Gasteiger partial charge < -0.3 is 9.73 Å². The van der Waals surface area contributed by atoms with Gasteiger partial charge in [0.2, 0.25) is 0 Å². The molecule has 0 radical (unpaired) electrons. The summed E-state index contributed by atoms with van der Waals surface area (Å²) in [7, 11) is 0. The number of thiophene rings is 1. The van der Waals surface area contributed by atoms with Gasteiger partial charge in [0.05, 0.1) is 6.04 Å². The minimum atomic E-state index is 0.252. The van der Waals surface area contributed by atoms with Gasteiger partial charge in [0.25, 0.3) is 0 Å². The van der Waals surface area contributed by atoms with Crippen LogP contribution in [0.5, 0.6) is 0 Å². The maximum absolute atomic E-state index is 5.63. The van der Waals surface area contributed by atoms with Crippen LogP contribution < -0.4 is 5.32 Å². The highest BCUT2D eigenvalue weighted by atomic mass is 32.1. The first kappa shape index (κ1) is 12.4. The third-order valence-corrected chi connectivity index (χ3v) is 3.76. The fourth-order valence-electron chi connectivity index (χ4n) is 2.16. The van der Waals surface area contributed by atoms with Crippen molar-refractivity contribution in [3.63, 3.8) is 0 Å². The summed E-state index contributed by atoms with van der Waals surface area (Å²) in [6.45, 7) is 9.26. The summed E-state index contributed by atoms with van der Waals surface area (Å²) in [4.78, 5) is 1.35. The number of nitrogens with one attached hydrogen (secondary N) is 1. The largest absolute Gasteiger partial charge is 0.466 e. The van der Waals surface area contributed by atoms with Crippen molar-refractivity contribution in [1.82, 2.24) is 5.32 Å². The Kier molecular flexibility index (Phi) is 3.69. The van der Waals surface area contributed by atoms with E-state index in [0.717, 1.165) is 18.1 Å². The van der Waals surface area contributed by atoms with Crippen LogP contribution in [0.15, 0.2) is 21.9 Å². The molecule has 3 heteroatoms. The summed E-state index contributed by atoms with van der Waals surface area (Å²) in [5.41, 5.74) is 2.58. The van der Waals surface area contributed by atoms with Crippen LogP contribution in [0, 0.1) is 20.8 Å². The Labute approximate surface area is 107 Å². The maximum Gasteiger partial charge on any atom is 0.106 e. The quantitative estimate of drug-likeness (QED) is 0.887. The van der Waals surface area contributed by atoms with Crippen LogP contribution in [0.1, 0.15) is 40.5 Å². The number of furan rings is 1. The molecule has 0 spiro atoms. The lowest BCUT2D eigenvalue weighted by atomic mass is 10.0. The highest BCUT2D eigenvalue weighted by molar-refractivity contribution is 7.10. The zero-order valence-corrected chi connectivity index (χ0v) is 11.6. The molecule has 17 heavy (non-hydrogen) atoms. The van der Waals surface area contributed by atoms with E-state index in [4.69, 9.17) is 4.42 Å². The van der Waals surface area contributed by atoms with Gasteiger partial charge in [0.15, 0.2) is 0 Å². The number of hydrogen-bond acceptors (Lipinski definition) is 3. The SMILES string of the molecule is CCNC(c1csc(C)c1)c1cc(C)oc1C. The zero-order chi connectivity index (χ0) is 12.4. The molecule has 2 nitrogen and oxygen atoms in total. The van der Waals surface area contributed by atoms with E-state index in [-0.39, 0.29) is 6.04 Å². The molecule has 2 heterocycles. The van der Waals surface area contributed by atoms with Crippen molar-refractivity contribution in [2.24, 2.45) is 0 Å². The van der Waals surface area contributed by atoms with Gasteiger partial charge in [-0.25, -0.2) is 0 Å². The number of rotatable bonds is 4. The predicted molar refractivity (Wildman–Crippen MR) is 72.8 cm³/mol. The summed E-state index contributed by atoms with van der Waals surface area (Å²) in [6.07, 6.45) is 0. The third kappa shape index (κ3) is 2.61. The number of hydrogen-bond donors (Lipinski definition) is 1. The lowest BCUT2D eigenvalue weighted by molar-refractivity contribution is 0.495. The zero-order valence-electron chi connectivity index (χ0n) is 10.8. The molecule has 1 atom stereocenters. The van der Waals surface area contributed by atoms with E-state index in [0.29, 0.717) is 0 Å². The van der Waals surface area contributed by atoms with Gasteiger partial charge in [-0.15, -0.1) is 11.3 Å². The average Bonchev–Trinajstić information content (AvgIpc) is 2.82. The van der Waals surface area contributed by atoms with Gasteiger partial charge >= 0.3 is 0 Å². The van der Waals surface area contributed by atoms with Crippen LogP contribution in [0.25, 0.3) is 0 Å². The Bertz CT molecular complexity index is 498. The molecule has 0 amide bonds. The molecule has 1 N–H and O–H groups in total. The van der Waals surface area contributed by atoms with Crippen molar-refractivity contribution < 1.29 is 4.42 Å². The van der Waals surface area contributed by atoms with Crippen molar-refractivity contribution >= 4 is 11.3 Å². The van der Waals surface area contributed by atoms with Crippen LogP contribution >= 0.6 is 11.3 Å². The van der Waals surface area contributed by atoms with Gasteiger partial charge in [0.1, 0.15) is 11.5 Å². The van der Waals surface area contributed by atoms with Gasteiger partial charge in [0, 0.05) is 10.4 Å². The van der Waals surface area contributed by atoms with Crippen LogP contribution in [0.2, 0.25) is 0 Å². The lowest BCUT2D eigenvalue weighted by Crippen LogP contribution is -2.21. The topological polar surface area (TPSA) is 25.2 Å². The van der Waals surface area contributed by atoms with Crippen molar-refractivity contribution in [2.45, 2.75) is 33.7 Å². The molecule has 2 aromatic heterocycles. The fourth-order valence-corrected chi connectivity index (χ4v) is 2.89. The predicted octanol–water partition coefficient (Wildman–Crippen LogP) is 3.97. The van der Waals surface area contributed by atoms with Crippen LogP contribution in [0.3, 0.4) is 0 Å². The van der Waals surface area contributed by atoms with Crippen LogP contribution in [0.4, 0.5) is 0 Å². The normalized spacial score (nSPS) is 12.9. The molecule has 0 aliphatic carbocycles. The van der Waals surface area contributed by atoms with E-state index in [1.807, 2.05) is 13.8 Å². The molecule has 0 saturated heterocycles. The van der Waals surface area contributed by atoms with Crippen molar-refractivity contribution in [1.29, 1.82) is 0 Å². The fraction of sp³-hybridized carbons (Fsp3) is 0.429. The minimum absolute atomic E-state index is 0.252. The minimum Gasteiger partial charge on any atom is -0.466 e. The second kappa shape index (κ2) is 5.07. The lowest BCUT2D eigenvalue weighted by Gasteiger charge is -2.16. The monoisotopic (exact) mass is 249 g/mol. The standard InChI is InChI=1S/C14H19NOS/c1-5-15-14(12-7-10(3)17-8-12)13-6-9(2)16-11(13)4/h6-8,14-15H,5H2,1-4H3. The molecule has 0 fully saturated rings. The van der Waals surface area contributed by atoms with Gasteiger partial charge in [-0.05, 0) is 50.4 Å². The first-order valence-corrected chi connectivity index (χ1v) is 6.85. The van der Waals surface area contributed by atoms with Gasteiger partial charge in [-0.1, -0.05) is 6.92 Å². The molecule has 0 aromatic carbocycles. The van der Waals surface area contributed by atoms with Crippen molar-refractivity contribution in [3.05, 3.63) is 45.0 Å². The molecule has 0 aliphatic rings. The first-order valence-electron chi connectivity index (χ1n) is 5.97. The summed E-state index contributed by atoms with van der Waals surface area (Å²) in [5.74, 6) is 1.99. The highest BCUT2D eigenvalue weighted by Gasteiger charge is 2.19. The second-order valence-electron chi connectivity index (χ2n) is 4.35. The molecule has 0 bridgehead atoms. The Morgan fingerprint density at radius 2 is 2.06 bits per heavy atom. The summed E-state index contributed by atoms with van der Waals surface area (Å²) in [6, 6.07) is 4.64. The highest BCUT2D eigenvalue weighted by Crippen LogP contribution is 2.30. The Hall–Kier alpha value is -1.06. The molecule has 1 unspecified atom stereocenters. The van der Waals surface area contributed by atoms with E-state index in [1.54, 1.807) is 11.3 Å². The Balaban J connectivity index is 2.38. The van der Waals surface area contributed by atoms with E-state index in [1.165, 1.54) is 16.0 Å². The molecule has 92 valence electrons. The molecule has 2 aromatic rings. The third-order valence-electron chi connectivity index (χ3n) is 2.88. The Morgan fingerprint density at radius 1 is 1.29 bits per heavy atom. The molecule has 0 aliphatic heterocycles. The second-order valence-corrected chi connectivity index (χ2v) is 5.47. The molecular weight excluding hydrogens is 230 g/mol. The maximum atomic E-state index is 5.63. The first-order chi connectivity index (χ1) is 8.11. The molecule has 2 rings (SSSR count). The van der Waals surface area contributed by atoms with Crippen LogP contribution in [-0.4, -0.2) is 6.54 Å². The molecule has 0 saturated carbocycles.